The molecule has 0 spiro atoms. The van der Waals surface area contributed by atoms with Crippen LogP contribution >= 0.6 is 0 Å². The first-order valence-electron chi connectivity index (χ1n) is 8.28. The minimum absolute atomic E-state index is 0.231. The van der Waals surface area contributed by atoms with Gasteiger partial charge in [-0.05, 0) is 60.3 Å². The molecule has 0 atom stereocenters. The summed E-state index contributed by atoms with van der Waals surface area (Å²) in [6.45, 7) is 7.75. The number of H-pyrrole nitrogens is 1. The zero-order valence-corrected chi connectivity index (χ0v) is 13.6. The summed E-state index contributed by atoms with van der Waals surface area (Å²) in [6, 6.07) is 11.2. The summed E-state index contributed by atoms with van der Waals surface area (Å²) in [6.07, 6.45) is 4.98. The molecule has 22 heavy (non-hydrogen) atoms. The second-order valence-electron chi connectivity index (χ2n) is 7.03. The van der Waals surface area contributed by atoms with Crippen LogP contribution in [0.25, 0.3) is 10.9 Å². The maximum Gasteiger partial charge on any atom is 0.0627 e. The summed E-state index contributed by atoms with van der Waals surface area (Å²) >= 11 is 0. The number of nitrogens with zero attached hydrogens (tertiary/aromatic N) is 2. The summed E-state index contributed by atoms with van der Waals surface area (Å²) in [5.74, 6) is 0.588. The highest BCUT2D eigenvalue weighted by molar-refractivity contribution is 5.79. The van der Waals surface area contributed by atoms with Crippen LogP contribution in [0.1, 0.15) is 38.7 Å². The number of aromatic nitrogens is 1. The van der Waals surface area contributed by atoms with Crippen molar-refractivity contribution >= 4 is 10.9 Å². The Hall–Kier alpha value is -1.79. The summed E-state index contributed by atoms with van der Waals surface area (Å²) in [4.78, 5) is 5.82. The third-order valence-corrected chi connectivity index (χ3v) is 5.53. The first kappa shape index (κ1) is 15.1. The van der Waals surface area contributed by atoms with Crippen LogP contribution in [0.3, 0.4) is 0 Å². The fourth-order valence-corrected chi connectivity index (χ4v) is 3.72. The number of nitrogens with one attached hydrogen (secondary N) is 1. The zero-order chi connectivity index (χ0) is 15.6. The van der Waals surface area contributed by atoms with Gasteiger partial charge in [0.15, 0.2) is 0 Å². The summed E-state index contributed by atoms with van der Waals surface area (Å²) in [5, 5.41) is 10.4. The number of fused-ring (bicyclic) bond motifs is 1. The van der Waals surface area contributed by atoms with E-state index in [2.05, 4.69) is 54.1 Å². The van der Waals surface area contributed by atoms with E-state index in [9.17, 15) is 0 Å². The van der Waals surface area contributed by atoms with Gasteiger partial charge in [0.1, 0.15) is 0 Å². The highest BCUT2D eigenvalue weighted by atomic mass is 15.1. The van der Waals surface area contributed by atoms with Crippen LogP contribution in [-0.2, 0) is 6.54 Å². The first-order chi connectivity index (χ1) is 10.6. The van der Waals surface area contributed by atoms with E-state index in [1.165, 1.54) is 16.5 Å². The highest BCUT2D eigenvalue weighted by Gasteiger charge is 2.37. The molecule has 0 aliphatic carbocycles. The molecule has 1 fully saturated rings. The Labute approximate surface area is 132 Å². The van der Waals surface area contributed by atoms with Crippen LogP contribution in [0.4, 0.5) is 0 Å². The molecule has 0 amide bonds. The van der Waals surface area contributed by atoms with E-state index in [0.717, 1.165) is 32.5 Å². The second kappa shape index (κ2) is 6.14. The Balaban J connectivity index is 1.65. The van der Waals surface area contributed by atoms with Crippen LogP contribution in [0.15, 0.2) is 30.5 Å². The zero-order valence-electron chi connectivity index (χ0n) is 13.6. The molecule has 1 aliphatic heterocycles. The van der Waals surface area contributed by atoms with E-state index in [-0.39, 0.29) is 5.41 Å². The number of rotatable bonds is 4. The predicted octanol–water partition coefficient (Wildman–Crippen LogP) is 4.32. The molecular formula is C19H25N3. The van der Waals surface area contributed by atoms with Crippen molar-refractivity contribution in [3.63, 3.8) is 0 Å². The van der Waals surface area contributed by atoms with Gasteiger partial charge < -0.3 is 4.98 Å². The maximum absolute atomic E-state index is 9.15. The van der Waals surface area contributed by atoms with Crippen LogP contribution in [0.5, 0.6) is 0 Å². The Morgan fingerprint density at radius 2 is 2.05 bits per heavy atom. The Bertz CT molecular complexity index is 669. The molecule has 1 aliphatic rings. The molecule has 3 rings (SSSR count). The smallest absolute Gasteiger partial charge is 0.0627 e. The van der Waals surface area contributed by atoms with E-state index < -0.39 is 0 Å². The van der Waals surface area contributed by atoms with Crippen LogP contribution in [-0.4, -0.2) is 23.0 Å². The number of hydrogen-bond acceptors (Lipinski definition) is 2. The van der Waals surface area contributed by atoms with E-state index in [4.69, 9.17) is 5.26 Å². The average Bonchev–Trinajstić information content (AvgIpc) is 2.97. The number of benzene rings is 1. The minimum atomic E-state index is 0.231. The van der Waals surface area contributed by atoms with Crippen molar-refractivity contribution in [3.05, 3.63) is 36.0 Å². The molecule has 0 radical (unpaired) electrons. The molecule has 1 aromatic heterocycles. The Kier molecular flexibility index (Phi) is 4.22. The van der Waals surface area contributed by atoms with Crippen molar-refractivity contribution < 1.29 is 0 Å². The molecule has 0 saturated carbocycles. The van der Waals surface area contributed by atoms with E-state index >= 15 is 0 Å². The molecule has 0 bridgehead atoms. The van der Waals surface area contributed by atoms with Gasteiger partial charge >= 0.3 is 0 Å². The van der Waals surface area contributed by atoms with Gasteiger partial charge in [0.05, 0.1) is 6.07 Å². The minimum Gasteiger partial charge on any atom is -0.361 e. The Morgan fingerprint density at radius 1 is 1.27 bits per heavy atom. The third kappa shape index (κ3) is 2.89. The second-order valence-corrected chi connectivity index (χ2v) is 7.03. The van der Waals surface area contributed by atoms with Gasteiger partial charge in [-0.2, -0.15) is 5.26 Å². The average molecular weight is 295 g/mol. The summed E-state index contributed by atoms with van der Waals surface area (Å²) in [7, 11) is 0. The molecule has 2 heterocycles. The van der Waals surface area contributed by atoms with Crippen LogP contribution in [0.2, 0.25) is 0 Å². The lowest BCUT2D eigenvalue weighted by molar-refractivity contribution is 0.0617. The van der Waals surface area contributed by atoms with Gasteiger partial charge in [-0.15, -0.1) is 0 Å². The first-order valence-corrected chi connectivity index (χ1v) is 8.28. The number of likely N-dealkylation sites (tertiary alicyclic amines) is 1. The molecular weight excluding hydrogens is 270 g/mol. The van der Waals surface area contributed by atoms with Gasteiger partial charge in [0.2, 0.25) is 0 Å². The van der Waals surface area contributed by atoms with Crippen molar-refractivity contribution in [1.82, 2.24) is 9.88 Å². The van der Waals surface area contributed by atoms with Crippen molar-refractivity contribution in [2.24, 2.45) is 11.3 Å². The third-order valence-electron chi connectivity index (χ3n) is 5.53. The van der Waals surface area contributed by atoms with Gasteiger partial charge in [0, 0.05) is 24.7 Å². The summed E-state index contributed by atoms with van der Waals surface area (Å²) < 4.78 is 0. The molecule has 116 valence electrons. The van der Waals surface area contributed by atoms with E-state index in [0.29, 0.717) is 12.3 Å². The lowest BCUT2D eigenvalue weighted by atomic mass is 9.68. The number of nitriles is 1. The van der Waals surface area contributed by atoms with Gasteiger partial charge in [-0.25, -0.2) is 0 Å². The highest BCUT2D eigenvalue weighted by Crippen LogP contribution is 2.41. The quantitative estimate of drug-likeness (QED) is 0.912. The molecule has 1 N–H and O–H groups in total. The lowest BCUT2D eigenvalue weighted by Gasteiger charge is -2.43. The van der Waals surface area contributed by atoms with E-state index in [1.807, 2.05) is 6.20 Å². The van der Waals surface area contributed by atoms with E-state index in [1.54, 1.807) is 0 Å². The van der Waals surface area contributed by atoms with Crippen molar-refractivity contribution in [3.8, 4) is 6.07 Å². The predicted molar refractivity (Wildman–Crippen MR) is 90.3 cm³/mol. The van der Waals surface area contributed by atoms with Gasteiger partial charge in [-0.1, -0.05) is 26.0 Å². The number of hydrogen-bond donors (Lipinski definition) is 1. The monoisotopic (exact) mass is 295 g/mol. The fourth-order valence-electron chi connectivity index (χ4n) is 3.72. The molecule has 3 heteroatoms. The van der Waals surface area contributed by atoms with Gasteiger partial charge in [0.25, 0.3) is 0 Å². The van der Waals surface area contributed by atoms with Crippen LogP contribution < -0.4 is 0 Å². The molecule has 2 aromatic rings. The number of piperidine rings is 1. The van der Waals surface area contributed by atoms with Crippen molar-refractivity contribution in [2.75, 3.05) is 13.1 Å². The van der Waals surface area contributed by atoms with Crippen LogP contribution in [0, 0.1) is 22.7 Å². The summed E-state index contributed by atoms with van der Waals surface area (Å²) in [5.41, 5.74) is 2.82. The fraction of sp³-hybridized carbons (Fsp3) is 0.526. The molecule has 1 saturated heterocycles. The standard InChI is InChI=1S/C19H25N3/c1-15(2)19(6-9-20)7-11-22(12-8-19)14-16-3-4-17-5-10-21-18(17)13-16/h3-5,10,13,15,21H,6-8,11-12,14H2,1-2H3. The van der Waals surface area contributed by atoms with Gasteiger partial charge in [-0.3, -0.25) is 4.90 Å². The largest absolute Gasteiger partial charge is 0.361 e. The normalized spacial score (nSPS) is 18.6. The lowest BCUT2D eigenvalue weighted by Crippen LogP contribution is -2.42. The topological polar surface area (TPSA) is 42.8 Å². The SMILES string of the molecule is CC(C)C1(CC#N)CCN(Cc2ccc3cc[nH]c3c2)CC1. The molecule has 0 unspecified atom stereocenters. The Morgan fingerprint density at radius 3 is 2.73 bits per heavy atom. The molecule has 1 aromatic carbocycles. The number of aromatic amines is 1. The van der Waals surface area contributed by atoms with Crippen molar-refractivity contribution in [1.29, 1.82) is 5.26 Å². The maximum atomic E-state index is 9.15. The molecule has 3 nitrogen and oxygen atoms in total. The van der Waals surface area contributed by atoms with Crippen molar-refractivity contribution in [2.45, 2.75) is 39.7 Å².